The van der Waals surface area contributed by atoms with Crippen LogP contribution in [0.25, 0.3) is 0 Å². The number of benzene rings is 1. The third-order valence-corrected chi connectivity index (χ3v) is 5.11. The van der Waals surface area contributed by atoms with Crippen molar-refractivity contribution < 1.29 is 10.2 Å². The van der Waals surface area contributed by atoms with Gasteiger partial charge in [0.25, 0.3) is 0 Å². The van der Waals surface area contributed by atoms with Gasteiger partial charge in [0.2, 0.25) is 0 Å². The third kappa shape index (κ3) is 5.00. The molecule has 2 aliphatic rings. The molecule has 0 aromatic heterocycles. The fourth-order valence-corrected chi connectivity index (χ4v) is 3.73. The summed E-state index contributed by atoms with van der Waals surface area (Å²) in [5.41, 5.74) is 3.66. The number of nitrogens with zero attached hydrogens (tertiary/aromatic N) is 2. The van der Waals surface area contributed by atoms with Crippen LogP contribution in [0, 0.1) is 0 Å². The molecule has 0 unspecified atom stereocenters. The van der Waals surface area contributed by atoms with Crippen LogP contribution in [0.2, 0.25) is 0 Å². The minimum Gasteiger partial charge on any atom is -0.508 e. The highest BCUT2D eigenvalue weighted by Crippen LogP contribution is 2.31. The number of phenolic OH excluding ortho intramolecular Hbond substituents is 1. The first-order valence-corrected chi connectivity index (χ1v) is 9.23. The molecule has 3 rings (SSSR count). The molecule has 1 aliphatic carbocycles. The molecule has 1 aliphatic heterocycles. The normalized spacial score (nSPS) is 18.5. The first-order valence-electron chi connectivity index (χ1n) is 9.23. The Morgan fingerprint density at radius 2 is 1.96 bits per heavy atom. The van der Waals surface area contributed by atoms with E-state index >= 15 is 0 Å². The predicted molar refractivity (Wildman–Crippen MR) is 112 cm³/mol. The molecule has 6 heteroatoms. The Bertz CT molecular complexity index is 599. The minimum absolute atomic E-state index is 0. The molecule has 0 spiro atoms. The zero-order valence-electron chi connectivity index (χ0n) is 15.0. The third-order valence-electron chi connectivity index (χ3n) is 5.11. The second kappa shape index (κ2) is 9.62. The van der Waals surface area contributed by atoms with Crippen molar-refractivity contribution in [2.24, 2.45) is 4.99 Å². The van der Waals surface area contributed by atoms with Crippen molar-refractivity contribution in [1.29, 1.82) is 0 Å². The molecule has 0 amide bonds. The molecule has 0 bridgehead atoms. The van der Waals surface area contributed by atoms with Gasteiger partial charge in [0.1, 0.15) is 5.75 Å². The van der Waals surface area contributed by atoms with Crippen LogP contribution in [-0.2, 0) is 19.4 Å². The van der Waals surface area contributed by atoms with Gasteiger partial charge in [-0.1, -0.05) is 6.07 Å². The number of aromatic hydroxyl groups is 1. The molecule has 1 saturated heterocycles. The number of aliphatic hydroxyl groups excluding tert-OH is 1. The number of aryl methyl sites for hydroxylation is 1. The van der Waals surface area contributed by atoms with E-state index in [0.717, 1.165) is 56.8 Å². The van der Waals surface area contributed by atoms with Gasteiger partial charge < -0.3 is 20.4 Å². The van der Waals surface area contributed by atoms with Crippen LogP contribution in [0.5, 0.6) is 5.75 Å². The predicted octanol–water partition coefficient (Wildman–Crippen LogP) is 2.81. The first-order chi connectivity index (χ1) is 11.7. The molecule has 3 N–H and O–H groups in total. The van der Waals surface area contributed by atoms with Gasteiger partial charge in [-0.25, -0.2) is 4.99 Å². The smallest absolute Gasteiger partial charge is 0.194 e. The Labute approximate surface area is 167 Å². The number of likely N-dealkylation sites (tertiary alicyclic amines) is 1. The van der Waals surface area contributed by atoms with Crippen molar-refractivity contribution in [3.63, 3.8) is 0 Å². The molecular formula is C19H30IN3O2. The fraction of sp³-hybridized carbons (Fsp3) is 0.632. The summed E-state index contributed by atoms with van der Waals surface area (Å²) in [6.45, 7) is 5.04. The van der Waals surface area contributed by atoms with Crippen molar-refractivity contribution in [2.45, 2.75) is 58.1 Å². The summed E-state index contributed by atoms with van der Waals surface area (Å²) < 4.78 is 0. The molecule has 0 radical (unpaired) electrons. The van der Waals surface area contributed by atoms with Gasteiger partial charge in [-0.3, -0.25) is 0 Å². The number of hydrogen-bond donors (Lipinski definition) is 3. The number of phenols is 1. The molecule has 1 fully saturated rings. The van der Waals surface area contributed by atoms with E-state index in [-0.39, 0.29) is 30.1 Å². The molecule has 0 atom stereocenters. The highest BCUT2D eigenvalue weighted by atomic mass is 127. The lowest BCUT2D eigenvalue weighted by molar-refractivity contribution is 0.108. The van der Waals surface area contributed by atoms with Crippen LogP contribution in [0.1, 0.15) is 49.3 Å². The van der Waals surface area contributed by atoms with Crippen LogP contribution in [0.15, 0.2) is 17.1 Å². The Morgan fingerprint density at radius 1 is 1.24 bits per heavy atom. The monoisotopic (exact) mass is 459 g/mol. The van der Waals surface area contributed by atoms with E-state index in [2.05, 4.69) is 23.2 Å². The van der Waals surface area contributed by atoms with Crippen molar-refractivity contribution >= 4 is 29.9 Å². The number of fused-ring (bicyclic) bond motifs is 1. The molecule has 5 nitrogen and oxygen atoms in total. The molecule has 1 heterocycles. The molecule has 0 saturated carbocycles. The largest absolute Gasteiger partial charge is 0.508 e. The average Bonchev–Trinajstić information content (AvgIpc) is 2.60. The molecule has 140 valence electrons. The average molecular weight is 459 g/mol. The maximum absolute atomic E-state index is 10.3. The Morgan fingerprint density at radius 3 is 2.68 bits per heavy atom. The van der Waals surface area contributed by atoms with Gasteiger partial charge in [-0.2, -0.15) is 0 Å². The van der Waals surface area contributed by atoms with E-state index in [9.17, 15) is 10.2 Å². The number of guanidine groups is 1. The number of nitrogens with one attached hydrogen (secondary N) is 1. The van der Waals surface area contributed by atoms with E-state index in [1.807, 2.05) is 6.07 Å². The van der Waals surface area contributed by atoms with Gasteiger partial charge in [0.05, 0.1) is 12.6 Å². The van der Waals surface area contributed by atoms with Crippen LogP contribution < -0.4 is 5.32 Å². The van der Waals surface area contributed by atoms with E-state index in [0.29, 0.717) is 12.3 Å². The molecule has 25 heavy (non-hydrogen) atoms. The Kier molecular flexibility index (Phi) is 7.81. The van der Waals surface area contributed by atoms with Crippen molar-refractivity contribution in [3.05, 3.63) is 28.8 Å². The zero-order valence-corrected chi connectivity index (χ0v) is 17.3. The number of aliphatic hydroxyl groups is 1. The topological polar surface area (TPSA) is 68.1 Å². The number of hydrogen-bond acceptors (Lipinski definition) is 3. The van der Waals surface area contributed by atoms with E-state index in [4.69, 9.17) is 4.99 Å². The second-order valence-corrected chi connectivity index (χ2v) is 6.80. The molecular weight excluding hydrogens is 429 g/mol. The molecule has 1 aromatic carbocycles. The first kappa shape index (κ1) is 20.3. The van der Waals surface area contributed by atoms with Crippen LogP contribution >= 0.6 is 24.0 Å². The summed E-state index contributed by atoms with van der Waals surface area (Å²) in [7, 11) is 0. The maximum Gasteiger partial charge on any atom is 0.194 e. The van der Waals surface area contributed by atoms with Crippen molar-refractivity contribution in [2.75, 3.05) is 19.6 Å². The highest BCUT2D eigenvalue weighted by molar-refractivity contribution is 14.0. The SMILES string of the molecule is CCNC(=NCc1c(O)ccc2c1CCCC2)N1CCC(O)CC1.I. The van der Waals surface area contributed by atoms with Crippen LogP contribution in [-0.4, -0.2) is 46.8 Å². The van der Waals surface area contributed by atoms with E-state index < -0.39 is 0 Å². The van der Waals surface area contributed by atoms with Crippen molar-refractivity contribution in [3.8, 4) is 5.75 Å². The summed E-state index contributed by atoms with van der Waals surface area (Å²) in [5, 5.41) is 23.4. The zero-order chi connectivity index (χ0) is 16.9. The summed E-state index contributed by atoms with van der Waals surface area (Å²) >= 11 is 0. The van der Waals surface area contributed by atoms with Crippen molar-refractivity contribution in [1.82, 2.24) is 10.2 Å². The minimum atomic E-state index is -0.186. The van der Waals surface area contributed by atoms with Gasteiger partial charge >= 0.3 is 0 Å². The summed E-state index contributed by atoms with van der Waals surface area (Å²) in [4.78, 5) is 7.00. The van der Waals surface area contributed by atoms with Crippen LogP contribution in [0.4, 0.5) is 0 Å². The number of piperidine rings is 1. The lowest BCUT2D eigenvalue weighted by Crippen LogP contribution is -2.46. The Balaban J connectivity index is 0.00000225. The Hall–Kier alpha value is -1.02. The van der Waals surface area contributed by atoms with Gasteiger partial charge in [-0.15, -0.1) is 24.0 Å². The highest BCUT2D eigenvalue weighted by Gasteiger charge is 2.20. The maximum atomic E-state index is 10.3. The lowest BCUT2D eigenvalue weighted by Gasteiger charge is -2.32. The summed E-state index contributed by atoms with van der Waals surface area (Å²) in [6.07, 6.45) is 5.97. The summed E-state index contributed by atoms with van der Waals surface area (Å²) in [6, 6.07) is 3.88. The van der Waals surface area contributed by atoms with Gasteiger partial charge in [-0.05, 0) is 62.6 Å². The van der Waals surface area contributed by atoms with Gasteiger partial charge in [0.15, 0.2) is 5.96 Å². The quantitative estimate of drug-likeness (QED) is 0.370. The standard InChI is InChI=1S/C19H29N3O2.HI/c1-2-20-19(22-11-9-15(23)10-12-22)21-13-17-16-6-4-3-5-14(16)7-8-18(17)24;/h7-8,15,23-24H,2-6,9-13H2,1H3,(H,20,21);1H. The fourth-order valence-electron chi connectivity index (χ4n) is 3.73. The lowest BCUT2D eigenvalue weighted by atomic mass is 9.88. The van der Waals surface area contributed by atoms with E-state index in [1.54, 1.807) is 0 Å². The number of aliphatic imine (C=N–C) groups is 1. The second-order valence-electron chi connectivity index (χ2n) is 6.80. The number of rotatable bonds is 3. The molecule has 1 aromatic rings. The summed E-state index contributed by atoms with van der Waals surface area (Å²) in [5.74, 6) is 1.25. The van der Waals surface area contributed by atoms with Crippen LogP contribution in [0.3, 0.4) is 0 Å². The van der Waals surface area contributed by atoms with Gasteiger partial charge in [0, 0.05) is 25.2 Å². The van der Waals surface area contributed by atoms with E-state index in [1.165, 1.54) is 24.0 Å². The number of halogens is 1.